The zero-order chi connectivity index (χ0) is 13.0. The molecule has 2 atom stereocenters. The Bertz CT molecular complexity index is 279. The van der Waals surface area contributed by atoms with Crippen LogP contribution in [0.25, 0.3) is 0 Å². The third-order valence-electron chi connectivity index (χ3n) is 3.83. The largest absolute Gasteiger partial charge is 0.379 e. The SMILES string of the molecule is CCCC1NC(C)N(CCN2CCOCC2)C1=O. The lowest BCUT2D eigenvalue weighted by Gasteiger charge is -2.29. The highest BCUT2D eigenvalue weighted by atomic mass is 16.5. The van der Waals surface area contributed by atoms with Gasteiger partial charge in [0.1, 0.15) is 0 Å². The Balaban J connectivity index is 1.79. The van der Waals surface area contributed by atoms with E-state index in [1.54, 1.807) is 0 Å². The molecule has 2 aliphatic rings. The van der Waals surface area contributed by atoms with Gasteiger partial charge in [-0.2, -0.15) is 0 Å². The Labute approximate surface area is 109 Å². The van der Waals surface area contributed by atoms with E-state index in [9.17, 15) is 4.79 Å². The van der Waals surface area contributed by atoms with Crippen LogP contribution in [0.4, 0.5) is 0 Å². The Hall–Kier alpha value is -0.650. The van der Waals surface area contributed by atoms with Crippen molar-refractivity contribution >= 4 is 5.91 Å². The molecular formula is C13H25N3O2. The summed E-state index contributed by atoms with van der Waals surface area (Å²) in [5, 5.41) is 3.38. The summed E-state index contributed by atoms with van der Waals surface area (Å²) in [6, 6.07) is 0.0367. The van der Waals surface area contributed by atoms with Crippen LogP contribution in [0.15, 0.2) is 0 Å². The van der Waals surface area contributed by atoms with Crippen molar-refractivity contribution in [3.63, 3.8) is 0 Å². The molecule has 0 aromatic rings. The van der Waals surface area contributed by atoms with E-state index in [0.717, 1.165) is 52.2 Å². The molecule has 2 rings (SSSR count). The van der Waals surface area contributed by atoms with Crippen LogP contribution in [0.3, 0.4) is 0 Å². The van der Waals surface area contributed by atoms with Crippen molar-refractivity contribution in [3.05, 3.63) is 0 Å². The van der Waals surface area contributed by atoms with Crippen LogP contribution in [0.5, 0.6) is 0 Å². The first-order valence-electron chi connectivity index (χ1n) is 7.09. The van der Waals surface area contributed by atoms with Gasteiger partial charge in [0.25, 0.3) is 0 Å². The molecule has 104 valence electrons. The zero-order valence-electron chi connectivity index (χ0n) is 11.5. The van der Waals surface area contributed by atoms with Gasteiger partial charge in [-0.05, 0) is 13.3 Å². The standard InChI is InChI=1S/C13H25N3O2/c1-3-4-12-13(17)16(11(2)14-12)6-5-15-7-9-18-10-8-15/h11-12,14H,3-10H2,1-2H3. The van der Waals surface area contributed by atoms with E-state index in [1.165, 1.54) is 0 Å². The third kappa shape index (κ3) is 3.22. The van der Waals surface area contributed by atoms with Crippen molar-refractivity contribution in [3.8, 4) is 0 Å². The van der Waals surface area contributed by atoms with Gasteiger partial charge in [-0.15, -0.1) is 0 Å². The summed E-state index contributed by atoms with van der Waals surface area (Å²) in [5.74, 6) is 0.276. The maximum absolute atomic E-state index is 12.2. The molecule has 2 saturated heterocycles. The van der Waals surface area contributed by atoms with Crippen molar-refractivity contribution in [1.82, 2.24) is 15.1 Å². The second-order valence-electron chi connectivity index (χ2n) is 5.17. The summed E-state index contributed by atoms with van der Waals surface area (Å²) in [7, 11) is 0. The summed E-state index contributed by atoms with van der Waals surface area (Å²) in [4.78, 5) is 16.6. The molecule has 0 radical (unpaired) electrons. The highest BCUT2D eigenvalue weighted by Crippen LogP contribution is 2.14. The quantitative estimate of drug-likeness (QED) is 0.766. The number of hydrogen-bond donors (Lipinski definition) is 1. The summed E-state index contributed by atoms with van der Waals surface area (Å²) in [6.45, 7) is 9.60. The van der Waals surface area contributed by atoms with E-state index < -0.39 is 0 Å². The topological polar surface area (TPSA) is 44.8 Å². The van der Waals surface area contributed by atoms with E-state index in [2.05, 4.69) is 24.1 Å². The Morgan fingerprint density at radius 2 is 2.06 bits per heavy atom. The van der Waals surface area contributed by atoms with E-state index in [4.69, 9.17) is 4.74 Å². The summed E-state index contributed by atoms with van der Waals surface area (Å²) < 4.78 is 5.33. The Morgan fingerprint density at radius 3 is 2.72 bits per heavy atom. The fraction of sp³-hybridized carbons (Fsp3) is 0.923. The average molecular weight is 255 g/mol. The second kappa shape index (κ2) is 6.50. The molecule has 5 nitrogen and oxygen atoms in total. The van der Waals surface area contributed by atoms with Gasteiger partial charge in [0, 0.05) is 26.2 Å². The van der Waals surface area contributed by atoms with Crippen molar-refractivity contribution in [1.29, 1.82) is 0 Å². The molecular weight excluding hydrogens is 230 g/mol. The molecule has 2 unspecified atom stereocenters. The van der Waals surface area contributed by atoms with Gasteiger partial charge >= 0.3 is 0 Å². The number of carbonyl (C=O) groups excluding carboxylic acids is 1. The number of morpholine rings is 1. The number of nitrogens with zero attached hydrogens (tertiary/aromatic N) is 2. The lowest BCUT2D eigenvalue weighted by molar-refractivity contribution is -0.130. The first kappa shape index (κ1) is 13.8. The number of carbonyl (C=O) groups is 1. The maximum Gasteiger partial charge on any atom is 0.241 e. The molecule has 5 heteroatoms. The molecule has 0 spiro atoms. The molecule has 2 heterocycles. The van der Waals surface area contributed by atoms with E-state index in [-0.39, 0.29) is 18.1 Å². The number of ether oxygens (including phenoxy) is 1. The van der Waals surface area contributed by atoms with Crippen LogP contribution in [-0.4, -0.2) is 67.3 Å². The van der Waals surface area contributed by atoms with Crippen molar-refractivity contribution in [2.24, 2.45) is 0 Å². The molecule has 2 fully saturated rings. The van der Waals surface area contributed by atoms with Crippen LogP contribution in [0.1, 0.15) is 26.7 Å². The van der Waals surface area contributed by atoms with Crippen molar-refractivity contribution < 1.29 is 9.53 Å². The van der Waals surface area contributed by atoms with E-state index in [0.29, 0.717) is 0 Å². The summed E-state index contributed by atoms with van der Waals surface area (Å²) in [6.07, 6.45) is 2.17. The minimum absolute atomic E-state index is 0.0367. The second-order valence-corrected chi connectivity index (χ2v) is 5.17. The maximum atomic E-state index is 12.2. The fourth-order valence-electron chi connectivity index (χ4n) is 2.72. The number of amides is 1. The highest BCUT2D eigenvalue weighted by Gasteiger charge is 2.35. The van der Waals surface area contributed by atoms with Gasteiger partial charge in [-0.3, -0.25) is 15.0 Å². The molecule has 0 aromatic heterocycles. The summed E-state index contributed by atoms with van der Waals surface area (Å²) >= 11 is 0. The first-order valence-corrected chi connectivity index (χ1v) is 7.09. The molecule has 0 saturated carbocycles. The van der Waals surface area contributed by atoms with Crippen LogP contribution in [0.2, 0.25) is 0 Å². The monoisotopic (exact) mass is 255 g/mol. The van der Waals surface area contributed by atoms with Crippen LogP contribution in [0, 0.1) is 0 Å². The average Bonchev–Trinajstić information content (AvgIpc) is 2.64. The Morgan fingerprint density at radius 1 is 1.33 bits per heavy atom. The van der Waals surface area contributed by atoms with Gasteiger partial charge in [-0.25, -0.2) is 0 Å². The van der Waals surface area contributed by atoms with Gasteiger partial charge < -0.3 is 9.64 Å². The zero-order valence-corrected chi connectivity index (χ0v) is 11.5. The van der Waals surface area contributed by atoms with Crippen molar-refractivity contribution in [2.75, 3.05) is 39.4 Å². The summed E-state index contributed by atoms with van der Waals surface area (Å²) in [5.41, 5.74) is 0. The van der Waals surface area contributed by atoms with Crippen LogP contribution >= 0.6 is 0 Å². The van der Waals surface area contributed by atoms with Gasteiger partial charge in [0.15, 0.2) is 0 Å². The van der Waals surface area contributed by atoms with E-state index in [1.807, 2.05) is 4.90 Å². The number of nitrogens with one attached hydrogen (secondary N) is 1. The predicted molar refractivity (Wildman–Crippen MR) is 70.3 cm³/mol. The van der Waals surface area contributed by atoms with Gasteiger partial charge in [0.05, 0.1) is 25.4 Å². The molecule has 0 aromatic carbocycles. The third-order valence-corrected chi connectivity index (χ3v) is 3.83. The Kier molecular flexibility index (Phi) is 4.97. The molecule has 0 bridgehead atoms. The smallest absolute Gasteiger partial charge is 0.241 e. The minimum atomic E-state index is 0.0367. The molecule has 1 amide bonds. The number of rotatable bonds is 5. The van der Waals surface area contributed by atoms with Crippen LogP contribution < -0.4 is 5.32 Å². The van der Waals surface area contributed by atoms with E-state index >= 15 is 0 Å². The van der Waals surface area contributed by atoms with Gasteiger partial charge in [0.2, 0.25) is 5.91 Å². The number of hydrogen-bond acceptors (Lipinski definition) is 4. The first-order chi connectivity index (χ1) is 8.72. The normalized spacial score (nSPS) is 30.1. The van der Waals surface area contributed by atoms with Crippen molar-refractivity contribution in [2.45, 2.75) is 38.9 Å². The van der Waals surface area contributed by atoms with Gasteiger partial charge in [-0.1, -0.05) is 13.3 Å². The molecule has 18 heavy (non-hydrogen) atoms. The molecule has 1 N–H and O–H groups in total. The highest BCUT2D eigenvalue weighted by molar-refractivity contribution is 5.84. The lowest BCUT2D eigenvalue weighted by Crippen LogP contribution is -2.44. The fourth-order valence-corrected chi connectivity index (χ4v) is 2.72. The molecule has 0 aliphatic carbocycles. The predicted octanol–water partition coefficient (Wildman–Crippen LogP) is 0.265. The lowest BCUT2D eigenvalue weighted by atomic mass is 10.2. The minimum Gasteiger partial charge on any atom is -0.379 e. The molecule has 2 aliphatic heterocycles. The van der Waals surface area contributed by atoms with Crippen LogP contribution in [-0.2, 0) is 9.53 Å².